The van der Waals surface area contributed by atoms with Gasteiger partial charge in [0, 0.05) is 19.2 Å². The van der Waals surface area contributed by atoms with Gasteiger partial charge < -0.3 is 0 Å². The highest BCUT2D eigenvalue weighted by atomic mass is 32.1. The molecule has 0 saturated heterocycles. The zero-order valence-electron chi connectivity index (χ0n) is 14.7. The van der Waals surface area contributed by atoms with Gasteiger partial charge in [-0.1, -0.05) is 36.4 Å². The molecule has 2 aromatic carbocycles. The van der Waals surface area contributed by atoms with Crippen molar-refractivity contribution < 1.29 is 4.79 Å². The van der Waals surface area contributed by atoms with Crippen LogP contribution in [-0.4, -0.2) is 5.78 Å². The van der Waals surface area contributed by atoms with Gasteiger partial charge in [-0.05, 0) is 72.2 Å². The minimum Gasteiger partial charge on any atom is -0.290 e. The standard InChI is InChI=1S/C23H18OS2/c1-15-18-7-3-5-9-22(18)25-20(15)13-11-17(24)12-14-21-16(2)19-8-4-6-10-23(19)26-21/h3-14H,1-2H3/b13-11+,14-12+. The normalized spacial score (nSPS) is 12.1. The summed E-state index contributed by atoms with van der Waals surface area (Å²) in [4.78, 5) is 14.6. The number of benzene rings is 2. The molecule has 4 rings (SSSR count). The van der Waals surface area contributed by atoms with Crippen LogP contribution in [0.25, 0.3) is 32.3 Å². The third-order valence-corrected chi connectivity index (χ3v) is 7.04. The van der Waals surface area contributed by atoms with Crippen LogP contribution in [0.2, 0.25) is 0 Å². The topological polar surface area (TPSA) is 17.1 Å². The molecule has 0 atom stereocenters. The predicted octanol–water partition coefficient (Wildman–Crippen LogP) is 7.03. The molecule has 1 nitrogen and oxygen atoms in total. The molecule has 0 saturated carbocycles. The van der Waals surface area contributed by atoms with E-state index in [1.165, 1.54) is 31.3 Å². The lowest BCUT2D eigenvalue weighted by Gasteiger charge is -1.92. The summed E-state index contributed by atoms with van der Waals surface area (Å²) in [5.41, 5.74) is 2.47. The quantitative estimate of drug-likeness (QED) is 0.350. The third-order valence-electron chi connectivity index (χ3n) is 4.56. The summed E-state index contributed by atoms with van der Waals surface area (Å²) in [6, 6.07) is 16.7. The molecule has 128 valence electrons. The van der Waals surface area contributed by atoms with E-state index in [4.69, 9.17) is 0 Å². The SMILES string of the molecule is Cc1c(/C=C/C(=O)/C=C/c2sc3ccccc3c2C)sc2ccccc12. The number of carbonyl (C=O) groups excluding carboxylic acids is 1. The van der Waals surface area contributed by atoms with Gasteiger partial charge in [-0.15, -0.1) is 22.7 Å². The van der Waals surface area contributed by atoms with Crippen molar-refractivity contribution in [1.29, 1.82) is 0 Å². The molecule has 0 spiro atoms. The molecule has 0 bridgehead atoms. The van der Waals surface area contributed by atoms with Crippen LogP contribution in [0.1, 0.15) is 20.9 Å². The van der Waals surface area contributed by atoms with E-state index in [0.29, 0.717) is 0 Å². The minimum atomic E-state index is 0.0127. The molecule has 0 radical (unpaired) electrons. The number of rotatable bonds is 4. The monoisotopic (exact) mass is 374 g/mol. The maximum atomic E-state index is 12.3. The van der Waals surface area contributed by atoms with Crippen molar-refractivity contribution in [2.45, 2.75) is 13.8 Å². The zero-order chi connectivity index (χ0) is 18.1. The molecule has 0 unspecified atom stereocenters. The Hall–Kier alpha value is -2.49. The van der Waals surface area contributed by atoms with Crippen molar-refractivity contribution in [3.63, 3.8) is 0 Å². The molecule has 0 fully saturated rings. The van der Waals surface area contributed by atoms with Crippen molar-refractivity contribution in [2.24, 2.45) is 0 Å². The number of carbonyl (C=O) groups is 1. The number of allylic oxidation sites excluding steroid dienone is 2. The van der Waals surface area contributed by atoms with Gasteiger partial charge in [-0.3, -0.25) is 4.79 Å². The van der Waals surface area contributed by atoms with Gasteiger partial charge in [-0.2, -0.15) is 0 Å². The summed E-state index contributed by atoms with van der Waals surface area (Å²) in [5, 5.41) is 2.53. The Labute approximate surface area is 160 Å². The largest absolute Gasteiger partial charge is 0.290 e. The Morgan fingerprint density at radius 2 is 1.15 bits per heavy atom. The molecular weight excluding hydrogens is 356 g/mol. The van der Waals surface area contributed by atoms with E-state index in [1.807, 2.05) is 24.3 Å². The van der Waals surface area contributed by atoms with Crippen LogP contribution in [0.4, 0.5) is 0 Å². The Morgan fingerprint density at radius 3 is 1.58 bits per heavy atom. The smallest absolute Gasteiger partial charge is 0.178 e. The molecule has 0 N–H and O–H groups in total. The summed E-state index contributed by atoms with van der Waals surface area (Å²) < 4.78 is 2.52. The molecule has 4 aromatic rings. The number of aryl methyl sites for hydroxylation is 2. The second-order valence-corrected chi connectivity index (χ2v) is 8.41. The molecule has 0 aliphatic carbocycles. The maximum absolute atomic E-state index is 12.3. The lowest BCUT2D eigenvalue weighted by molar-refractivity contribution is -0.110. The molecular formula is C23H18OS2. The van der Waals surface area contributed by atoms with Gasteiger partial charge in [0.2, 0.25) is 0 Å². The van der Waals surface area contributed by atoms with Gasteiger partial charge in [0.25, 0.3) is 0 Å². The lowest BCUT2D eigenvalue weighted by Crippen LogP contribution is -1.84. The first-order valence-corrected chi connectivity index (χ1v) is 10.1. The Balaban J connectivity index is 1.55. The average Bonchev–Trinajstić information content (AvgIpc) is 3.16. The number of ketones is 1. The average molecular weight is 375 g/mol. The van der Waals surface area contributed by atoms with E-state index in [0.717, 1.165) is 9.75 Å². The number of fused-ring (bicyclic) bond motifs is 2. The van der Waals surface area contributed by atoms with Gasteiger partial charge in [0.05, 0.1) is 0 Å². The third kappa shape index (κ3) is 3.16. The van der Waals surface area contributed by atoms with E-state index >= 15 is 0 Å². The summed E-state index contributed by atoms with van der Waals surface area (Å²) in [7, 11) is 0. The molecule has 0 aliphatic rings. The Bertz CT molecular complexity index is 1080. The lowest BCUT2D eigenvalue weighted by atomic mass is 10.1. The molecule has 26 heavy (non-hydrogen) atoms. The van der Waals surface area contributed by atoms with Crippen molar-refractivity contribution in [3.8, 4) is 0 Å². The fourth-order valence-corrected chi connectivity index (χ4v) is 5.30. The highest BCUT2D eigenvalue weighted by Crippen LogP contribution is 2.32. The van der Waals surface area contributed by atoms with Crippen LogP contribution in [0.5, 0.6) is 0 Å². The fourth-order valence-electron chi connectivity index (χ4n) is 3.08. The van der Waals surface area contributed by atoms with Gasteiger partial charge in [0.15, 0.2) is 5.78 Å². The van der Waals surface area contributed by atoms with Crippen LogP contribution in [-0.2, 0) is 4.79 Å². The second kappa shape index (κ2) is 7.02. The zero-order valence-corrected chi connectivity index (χ0v) is 16.3. The number of hydrogen-bond acceptors (Lipinski definition) is 3. The van der Waals surface area contributed by atoms with E-state index in [9.17, 15) is 4.79 Å². The van der Waals surface area contributed by atoms with E-state index in [2.05, 4.69) is 50.2 Å². The first-order chi connectivity index (χ1) is 12.6. The van der Waals surface area contributed by atoms with Crippen LogP contribution < -0.4 is 0 Å². The number of hydrogen-bond donors (Lipinski definition) is 0. The molecule has 2 heterocycles. The summed E-state index contributed by atoms with van der Waals surface area (Å²) in [6.07, 6.45) is 7.20. The Morgan fingerprint density at radius 1 is 0.731 bits per heavy atom. The van der Waals surface area contributed by atoms with Gasteiger partial charge >= 0.3 is 0 Å². The van der Waals surface area contributed by atoms with Crippen molar-refractivity contribution >= 4 is 60.8 Å². The molecule has 3 heteroatoms. The first kappa shape index (κ1) is 17.0. The van der Waals surface area contributed by atoms with Crippen molar-refractivity contribution in [3.05, 3.63) is 81.6 Å². The van der Waals surface area contributed by atoms with Crippen LogP contribution in [0.3, 0.4) is 0 Å². The molecule has 0 aliphatic heterocycles. The Kier molecular flexibility index (Phi) is 4.58. The first-order valence-electron chi connectivity index (χ1n) is 8.50. The molecule has 0 amide bonds. The minimum absolute atomic E-state index is 0.0127. The van der Waals surface area contributed by atoms with Crippen molar-refractivity contribution in [1.82, 2.24) is 0 Å². The predicted molar refractivity (Wildman–Crippen MR) is 116 cm³/mol. The summed E-state index contributed by atoms with van der Waals surface area (Å²) in [5.74, 6) is 0.0127. The fraction of sp³-hybridized carbons (Fsp3) is 0.0870. The summed E-state index contributed by atoms with van der Waals surface area (Å²) in [6.45, 7) is 4.22. The maximum Gasteiger partial charge on any atom is 0.178 e. The second-order valence-electron chi connectivity index (χ2n) is 6.24. The number of thiophene rings is 2. The van der Waals surface area contributed by atoms with E-state index in [1.54, 1.807) is 34.8 Å². The molecule has 2 aromatic heterocycles. The summed E-state index contributed by atoms with van der Waals surface area (Å²) >= 11 is 3.45. The van der Waals surface area contributed by atoms with Crippen LogP contribution in [0, 0.1) is 13.8 Å². The highest BCUT2D eigenvalue weighted by Gasteiger charge is 2.06. The van der Waals surface area contributed by atoms with E-state index < -0.39 is 0 Å². The van der Waals surface area contributed by atoms with Gasteiger partial charge in [-0.25, -0.2) is 0 Å². The van der Waals surface area contributed by atoms with E-state index in [-0.39, 0.29) is 5.78 Å². The van der Waals surface area contributed by atoms with Crippen LogP contribution in [0.15, 0.2) is 60.7 Å². The van der Waals surface area contributed by atoms with Crippen LogP contribution >= 0.6 is 22.7 Å². The van der Waals surface area contributed by atoms with Gasteiger partial charge in [0.1, 0.15) is 0 Å². The van der Waals surface area contributed by atoms with Crippen molar-refractivity contribution in [2.75, 3.05) is 0 Å². The highest BCUT2D eigenvalue weighted by molar-refractivity contribution is 7.20.